The van der Waals surface area contributed by atoms with E-state index in [1.807, 2.05) is 0 Å². The molecule has 0 heterocycles. The Morgan fingerprint density at radius 1 is 1.40 bits per heavy atom. The maximum Gasteiger partial charge on any atom is 0.256 e. The fourth-order valence-corrected chi connectivity index (χ4v) is 3.11. The summed E-state index contributed by atoms with van der Waals surface area (Å²) in [5.41, 5.74) is 5.67. The molecule has 1 aromatic rings. The third-order valence-corrected chi connectivity index (χ3v) is 4.29. The van der Waals surface area contributed by atoms with Gasteiger partial charge in [-0.3, -0.25) is 4.79 Å². The Kier molecular flexibility index (Phi) is 5.38. The molecule has 0 saturated heterocycles. The lowest BCUT2D eigenvalue weighted by molar-refractivity contribution is 0.0911. The first-order chi connectivity index (χ1) is 9.63. The molecule has 1 aromatic carbocycles. The van der Waals surface area contributed by atoms with Crippen LogP contribution in [0.5, 0.6) is 0 Å². The first-order valence-electron chi connectivity index (χ1n) is 7.08. The molecule has 2 rings (SSSR count). The number of carbonyl (C=O) groups is 1. The molecule has 1 aliphatic rings. The number of benzene rings is 1. The van der Waals surface area contributed by atoms with Crippen LogP contribution < -0.4 is 11.1 Å². The van der Waals surface area contributed by atoms with E-state index in [1.165, 1.54) is 24.6 Å². The maximum atomic E-state index is 13.7. The highest BCUT2D eigenvalue weighted by molar-refractivity contribution is 6.33. The second kappa shape index (κ2) is 7.04. The van der Waals surface area contributed by atoms with Gasteiger partial charge in [-0.15, -0.1) is 0 Å². The van der Waals surface area contributed by atoms with Gasteiger partial charge in [-0.05, 0) is 30.9 Å². The lowest BCUT2D eigenvalue weighted by Crippen LogP contribution is -2.46. The van der Waals surface area contributed by atoms with E-state index in [9.17, 15) is 9.18 Å². The molecule has 3 N–H and O–H groups in total. The quantitative estimate of drug-likeness (QED) is 0.897. The van der Waals surface area contributed by atoms with Crippen molar-refractivity contribution in [2.24, 2.45) is 11.7 Å². The molecule has 0 spiro atoms. The minimum atomic E-state index is -0.602. The van der Waals surface area contributed by atoms with Gasteiger partial charge >= 0.3 is 0 Å². The van der Waals surface area contributed by atoms with Gasteiger partial charge < -0.3 is 11.1 Å². The largest absolute Gasteiger partial charge is 0.348 e. The lowest BCUT2D eigenvalue weighted by atomic mass is 9.84. The Labute approximate surface area is 123 Å². The highest BCUT2D eigenvalue weighted by Gasteiger charge is 2.26. The van der Waals surface area contributed by atoms with E-state index in [2.05, 4.69) is 5.32 Å². The molecule has 110 valence electrons. The molecule has 1 saturated carbocycles. The van der Waals surface area contributed by atoms with Crippen LogP contribution in [-0.2, 0) is 0 Å². The second-order valence-corrected chi connectivity index (χ2v) is 5.72. The standard InChI is InChI=1S/C15H20ClFN2O/c16-11-7-4-8-12(17)14(11)15(20)19-13(9-18)10-5-2-1-3-6-10/h4,7-8,10,13H,1-3,5-6,9,18H2,(H,19,20). The smallest absolute Gasteiger partial charge is 0.256 e. The van der Waals surface area contributed by atoms with Crippen molar-refractivity contribution in [3.05, 3.63) is 34.6 Å². The van der Waals surface area contributed by atoms with E-state index >= 15 is 0 Å². The van der Waals surface area contributed by atoms with Gasteiger partial charge in [0.05, 0.1) is 10.6 Å². The van der Waals surface area contributed by atoms with Crippen molar-refractivity contribution in [2.45, 2.75) is 38.1 Å². The number of rotatable bonds is 4. The number of hydrogen-bond donors (Lipinski definition) is 2. The van der Waals surface area contributed by atoms with E-state index in [4.69, 9.17) is 17.3 Å². The summed E-state index contributed by atoms with van der Waals surface area (Å²) in [4.78, 5) is 12.2. The highest BCUT2D eigenvalue weighted by Crippen LogP contribution is 2.27. The molecule has 0 aromatic heterocycles. The Morgan fingerprint density at radius 2 is 2.10 bits per heavy atom. The number of halogens is 2. The summed E-state index contributed by atoms with van der Waals surface area (Å²) in [6.07, 6.45) is 5.69. The van der Waals surface area contributed by atoms with Crippen molar-refractivity contribution >= 4 is 17.5 Å². The molecule has 0 radical (unpaired) electrons. The van der Waals surface area contributed by atoms with Gasteiger partial charge in [0.2, 0.25) is 0 Å². The third-order valence-electron chi connectivity index (χ3n) is 3.98. The first-order valence-corrected chi connectivity index (χ1v) is 7.46. The van der Waals surface area contributed by atoms with Gasteiger partial charge in [-0.25, -0.2) is 4.39 Å². The predicted octanol–water partition coefficient (Wildman–Crippen LogP) is 3.12. The average molecular weight is 299 g/mol. The summed E-state index contributed by atoms with van der Waals surface area (Å²) < 4.78 is 13.7. The molecule has 0 bridgehead atoms. The van der Waals surface area contributed by atoms with Gasteiger partial charge in [-0.2, -0.15) is 0 Å². The monoisotopic (exact) mass is 298 g/mol. The molecule has 5 heteroatoms. The Morgan fingerprint density at radius 3 is 2.70 bits per heavy atom. The van der Waals surface area contributed by atoms with Gasteiger partial charge in [0.25, 0.3) is 5.91 Å². The van der Waals surface area contributed by atoms with Crippen molar-refractivity contribution in [1.29, 1.82) is 0 Å². The van der Waals surface area contributed by atoms with E-state index < -0.39 is 11.7 Å². The van der Waals surface area contributed by atoms with Gasteiger partial charge in [0.15, 0.2) is 0 Å². The van der Waals surface area contributed by atoms with Crippen LogP contribution in [0, 0.1) is 11.7 Å². The normalized spacial score (nSPS) is 17.8. The molecular weight excluding hydrogens is 279 g/mol. The van der Waals surface area contributed by atoms with E-state index in [0.717, 1.165) is 25.7 Å². The molecular formula is C15H20ClFN2O. The van der Waals surface area contributed by atoms with Crippen LogP contribution in [0.3, 0.4) is 0 Å². The summed E-state index contributed by atoms with van der Waals surface area (Å²) in [6, 6.07) is 4.12. The summed E-state index contributed by atoms with van der Waals surface area (Å²) >= 11 is 5.90. The molecule has 3 nitrogen and oxygen atoms in total. The van der Waals surface area contributed by atoms with Gasteiger partial charge in [0.1, 0.15) is 5.82 Å². The van der Waals surface area contributed by atoms with Crippen LogP contribution in [-0.4, -0.2) is 18.5 Å². The zero-order valence-corrected chi connectivity index (χ0v) is 12.1. The third kappa shape index (κ3) is 3.49. The summed E-state index contributed by atoms with van der Waals surface area (Å²) in [5, 5.41) is 2.97. The lowest BCUT2D eigenvalue weighted by Gasteiger charge is -2.30. The van der Waals surface area contributed by atoms with E-state index in [0.29, 0.717) is 12.5 Å². The first kappa shape index (κ1) is 15.3. The molecule has 0 aliphatic heterocycles. The number of amides is 1. The summed E-state index contributed by atoms with van der Waals surface area (Å²) in [6.45, 7) is 0.364. The second-order valence-electron chi connectivity index (χ2n) is 5.31. The fourth-order valence-electron chi connectivity index (χ4n) is 2.86. The summed E-state index contributed by atoms with van der Waals surface area (Å²) in [7, 11) is 0. The minimum Gasteiger partial charge on any atom is -0.348 e. The molecule has 1 unspecified atom stereocenters. The maximum absolute atomic E-state index is 13.7. The zero-order chi connectivity index (χ0) is 14.5. The van der Waals surface area contributed by atoms with Gasteiger partial charge in [0, 0.05) is 12.6 Å². The molecule has 1 fully saturated rings. The number of nitrogens with one attached hydrogen (secondary N) is 1. The minimum absolute atomic E-state index is 0.0940. The number of nitrogens with two attached hydrogens (primary N) is 1. The molecule has 1 aliphatic carbocycles. The van der Waals surface area contributed by atoms with E-state index in [1.54, 1.807) is 0 Å². The molecule has 1 atom stereocenters. The van der Waals surface area contributed by atoms with Crippen molar-refractivity contribution in [3.63, 3.8) is 0 Å². The van der Waals surface area contributed by atoms with Crippen molar-refractivity contribution in [2.75, 3.05) is 6.54 Å². The van der Waals surface area contributed by atoms with Gasteiger partial charge in [-0.1, -0.05) is 36.9 Å². The summed E-state index contributed by atoms with van der Waals surface area (Å²) in [5.74, 6) is -0.702. The van der Waals surface area contributed by atoms with Crippen LogP contribution in [0.4, 0.5) is 4.39 Å². The van der Waals surface area contributed by atoms with Crippen LogP contribution in [0.1, 0.15) is 42.5 Å². The molecule has 1 amide bonds. The zero-order valence-electron chi connectivity index (χ0n) is 11.4. The Hall–Kier alpha value is -1.13. The van der Waals surface area contributed by atoms with Crippen LogP contribution in [0.15, 0.2) is 18.2 Å². The highest BCUT2D eigenvalue weighted by atomic mass is 35.5. The Bertz CT molecular complexity index is 455. The van der Waals surface area contributed by atoms with Crippen molar-refractivity contribution < 1.29 is 9.18 Å². The topological polar surface area (TPSA) is 55.1 Å². The molecule has 20 heavy (non-hydrogen) atoms. The predicted molar refractivity (Wildman–Crippen MR) is 78.3 cm³/mol. The fraction of sp³-hybridized carbons (Fsp3) is 0.533. The van der Waals surface area contributed by atoms with Crippen molar-refractivity contribution in [1.82, 2.24) is 5.32 Å². The van der Waals surface area contributed by atoms with Crippen LogP contribution in [0.2, 0.25) is 5.02 Å². The number of carbonyl (C=O) groups excluding carboxylic acids is 1. The van der Waals surface area contributed by atoms with Crippen LogP contribution >= 0.6 is 11.6 Å². The average Bonchev–Trinajstić information content (AvgIpc) is 2.45. The van der Waals surface area contributed by atoms with Crippen LogP contribution in [0.25, 0.3) is 0 Å². The SMILES string of the molecule is NCC(NC(=O)c1c(F)cccc1Cl)C1CCCCC1. The van der Waals surface area contributed by atoms with Crippen molar-refractivity contribution in [3.8, 4) is 0 Å². The number of hydrogen-bond acceptors (Lipinski definition) is 2. The van der Waals surface area contributed by atoms with E-state index in [-0.39, 0.29) is 16.6 Å². The Balaban J connectivity index is 2.09.